The summed E-state index contributed by atoms with van der Waals surface area (Å²) in [7, 11) is 0. The SMILES string of the molecule is O=C(O)c1cccnc1NCc1ccc(Cl)cc1. The monoisotopic (exact) mass is 262 g/mol. The third kappa shape index (κ3) is 2.99. The van der Waals surface area contributed by atoms with Crippen LogP contribution < -0.4 is 5.32 Å². The van der Waals surface area contributed by atoms with E-state index in [2.05, 4.69) is 10.3 Å². The number of carboxylic acids is 1. The van der Waals surface area contributed by atoms with Crippen molar-refractivity contribution >= 4 is 23.4 Å². The minimum absolute atomic E-state index is 0.159. The molecule has 0 aliphatic rings. The van der Waals surface area contributed by atoms with E-state index in [1.807, 2.05) is 12.1 Å². The average Bonchev–Trinajstić information content (AvgIpc) is 2.38. The summed E-state index contributed by atoms with van der Waals surface area (Å²) in [5.74, 6) is -0.637. The molecule has 0 saturated carbocycles. The number of carboxylic acid groups (broad SMARTS) is 1. The number of benzene rings is 1. The molecule has 18 heavy (non-hydrogen) atoms. The molecular formula is C13H11ClN2O2. The van der Waals surface area contributed by atoms with Crippen LogP contribution in [0.4, 0.5) is 5.82 Å². The summed E-state index contributed by atoms with van der Waals surface area (Å²) in [6.07, 6.45) is 1.55. The molecule has 2 rings (SSSR count). The van der Waals surface area contributed by atoms with E-state index in [-0.39, 0.29) is 5.56 Å². The van der Waals surface area contributed by atoms with Crippen molar-refractivity contribution in [3.8, 4) is 0 Å². The zero-order valence-electron chi connectivity index (χ0n) is 9.43. The number of aromatic carboxylic acids is 1. The Hall–Kier alpha value is -2.07. The van der Waals surface area contributed by atoms with Gasteiger partial charge in [-0.1, -0.05) is 23.7 Å². The van der Waals surface area contributed by atoms with E-state index >= 15 is 0 Å². The fourth-order valence-electron chi connectivity index (χ4n) is 1.51. The van der Waals surface area contributed by atoms with Crippen LogP contribution in [0.2, 0.25) is 5.02 Å². The number of hydrogen-bond donors (Lipinski definition) is 2. The maximum Gasteiger partial charge on any atom is 0.339 e. The zero-order chi connectivity index (χ0) is 13.0. The average molecular weight is 263 g/mol. The van der Waals surface area contributed by atoms with Gasteiger partial charge in [-0.2, -0.15) is 0 Å². The molecule has 4 nitrogen and oxygen atoms in total. The molecule has 0 aliphatic carbocycles. The molecule has 2 aromatic rings. The van der Waals surface area contributed by atoms with Crippen molar-refractivity contribution in [1.29, 1.82) is 0 Å². The fraction of sp³-hybridized carbons (Fsp3) is 0.0769. The molecule has 0 spiro atoms. The van der Waals surface area contributed by atoms with Gasteiger partial charge in [0.15, 0.2) is 0 Å². The molecule has 5 heteroatoms. The van der Waals surface area contributed by atoms with Crippen LogP contribution in [0.5, 0.6) is 0 Å². The molecule has 92 valence electrons. The third-order valence-electron chi connectivity index (χ3n) is 2.41. The molecule has 0 saturated heterocycles. The molecule has 0 atom stereocenters. The number of hydrogen-bond acceptors (Lipinski definition) is 3. The highest BCUT2D eigenvalue weighted by atomic mass is 35.5. The Balaban J connectivity index is 2.10. The van der Waals surface area contributed by atoms with Gasteiger partial charge in [-0.3, -0.25) is 0 Å². The van der Waals surface area contributed by atoms with Crippen LogP contribution in [0.25, 0.3) is 0 Å². The highest BCUT2D eigenvalue weighted by Gasteiger charge is 2.09. The quantitative estimate of drug-likeness (QED) is 0.889. The smallest absolute Gasteiger partial charge is 0.339 e. The summed E-state index contributed by atoms with van der Waals surface area (Å²) in [5, 5.41) is 12.7. The summed E-state index contributed by atoms with van der Waals surface area (Å²) < 4.78 is 0. The van der Waals surface area contributed by atoms with Crippen molar-refractivity contribution in [2.24, 2.45) is 0 Å². The number of nitrogens with zero attached hydrogens (tertiary/aromatic N) is 1. The highest BCUT2D eigenvalue weighted by molar-refractivity contribution is 6.30. The maximum atomic E-state index is 11.0. The van der Waals surface area contributed by atoms with Gasteiger partial charge in [0, 0.05) is 17.8 Å². The molecule has 1 aromatic heterocycles. The summed E-state index contributed by atoms with van der Waals surface area (Å²) in [6, 6.07) is 10.4. The largest absolute Gasteiger partial charge is 0.478 e. The van der Waals surface area contributed by atoms with Crippen molar-refractivity contribution in [3.05, 3.63) is 58.7 Å². The van der Waals surface area contributed by atoms with Gasteiger partial charge in [-0.15, -0.1) is 0 Å². The number of anilines is 1. The van der Waals surface area contributed by atoms with Gasteiger partial charge in [0.2, 0.25) is 0 Å². The second-order valence-corrected chi connectivity index (χ2v) is 4.12. The molecule has 2 N–H and O–H groups in total. The predicted octanol–water partition coefficient (Wildman–Crippen LogP) is 3.05. The lowest BCUT2D eigenvalue weighted by Gasteiger charge is -2.08. The van der Waals surface area contributed by atoms with Gasteiger partial charge in [-0.05, 0) is 29.8 Å². The first-order chi connectivity index (χ1) is 8.66. The third-order valence-corrected chi connectivity index (χ3v) is 2.66. The van der Waals surface area contributed by atoms with Crippen LogP contribution in [0.1, 0.15) is 15.9 Å². The van der Waals surface area contributed by atoms with E-state index < -0.39 is 5.97 Å². The van der Waals surface area contributed by atoms with Crippen LogP contribution in [-0.2, 0) is 6.54 Å². The number of aromatic nitrogens is 1. The lowest BCUT2D eigenvalue weighted by Crippen LogP contribution is -2.07. The molecule has 1 heterocycles. The predicted molar refractivity (Wildman–Crippen MR) is 70.0 cm³/mol. The van der Waals surface area contributed by atoms with Crippen molar-refractivity contribution in [2.45, 2.75) is 6.54 Å². The molecule has 0 unspecified atom stereocenters. The fourth-order valence-corrected chi connectivity index (χ4v) is 1.63. The maximum absolute atomic E-state index is 11.0. The molecule has 0 bridgehead atoms. The van der Waals surface area contributed by atoms with Crippen LogP contribution in [0.3, 0.4) is 0 Å². The first-order valence-electron chi connectivity index (χ1n) is 5.33. The van der Waals surface area contributed by atoms with E-state index in [1.165, 1.54) is 6.07 Å². The molecule has 0 fully saturated rings. The van der Waals surface area contributed by atoms with Crippen LogP contribution in [-0.4, -0.2) is 16.1 Å². The summed E-state index contributed by atoms with van der Waals surface area (Å²) in [6.45, 7) is 0.495. The van der Waals surface area contributed by atoms with Crippen LogP contribution in [0.15, 0.2) is 42.6 Å². The van der Waals surface area contributed by atoms with Crippen molar-refractivity contribution in [3.63, 3.8) is 0 Å². The standard InChI is InChI=1S/C13H11ClN2O2/c14-10-5-3-9(4-6-10)8-16-12-11(13(17)18)2-1-7-15-12/h1-7H,8H2,(H,15,16)(H,17,18). The van der Waals surface area contributed by atoms with Crippen molar-refractivity contribution in [2.75, 3.05) is 5.32 Å². The lowest BCUT2D eigenvalue weighted by atomic mass is 10.2. The van der Waals surface area contributed by atoms with Gasteiger partial charge < -0.3 is 10.4 Å². The minimum Gasteiger partial charge on any atom is -0.478 e. The Morgan fingerprint density at radius 1 is 1.28 bits per heavy atom. The van der Waals surface area contributed by atoms with E-state index in [4.69, 9.17) is 16.7 Å². The van der Waals surface area contributed by atoms with Crippen molar-refractivity contribution < 1.29 is 9.90 Å². The van der Waals surface area contributed by atoms with E-state index in [1.54, 1.807) is 24.4 Å². The Labute approximate surface area is 109 Å². The number of carbonyl (C=O) groups is 1. The second-order valence-electron chi connectivity index (χ2n) is 3.68. The number of nitrogens with one attached hydrogen (secondary N) is 1. The molecule has 0 amide bonds. The first kappa shape index (κ1) is 12.4. The lowest BCUT2D eigenvalue weighted by molar-refractivity contribution is 0.0697. The molecule has 0 aliphatic heterocycles. The van der Waals surface area contributed by atoms with E-state index in [9.17, 15) is 4.79 Å². The number of halogens is 1. The summed E-state index contributed by atoms with van der Waals surface area (Å²) >= 11 is 5.79. The van der Waals surface area contributed by atoms with Gasteiger partial charge in [0.05, 0.1) is 0 Å². The van der Waals surface area contributed by atoms with Crippen LogP contribution >= 0.6 is 11.6 Å². The molecular weight excluding hydrogens is 252 g/mol. The summed E-state index contributed by atoms with van der Waals surface area (Å²) in [4.78, 5) is 15.0. The molecule has 1 aromatic carbocycles. The van der Waals surface area contributed by atoms with Gasteiger partial charge in [0.25, 0.3) is 0 Å². The Morgan fingerprint density at radius 2 is 2.00 bits per heavy atom. The Morgan fingerprint density at radius 3 is 2.67 bits per heavy atom. The topological polar surface area (TPSA) is 62.2 Å². The van der Waals surface area contributed by atoms with Crippen LogP contribution in [0, 0.1) is 0 Å². The number of rotatable bonds is 4. The Kier molecular flexibility index (Phi) is 3.79. The summed E-state index contributed by atoms with van der Waals surface area (Å²) in [5.41, 5.74) is 1.16. The minimum atomic E-state index is -0.998. The zero-order valence-corrected chi connectivity index (χ0v) is 10.2. The van der Waals surface area contributed by atoms with Gasteiger partial charge in [0.1, 0.15) is 11.4 Å². The second kappa shape index (κ2) is 5.51. The van der Waals surface area contributed by atoms with Gasteiger partial charge in [-0.25, -0.2) is 9.78 Å². The van der Waals surface area contributed by atoms with Gasteiger partial charge >= 0.3 is 5.97 Å². The Bertz CT molecular complexity index is 555. The number of pyridine rings is 1. The molecule has 0 radical (unpaired) electrons. The first-order valence-corrected chi connectivity index (χ1v) is 5.71. The van der Waals surface area contributed by atoms with E-state index in [0.717, 1.165) is 5.56 Å². The van der Waals surface area contributed by atoms with Crippen molar-refractivity contribution in [1.82, 2.24) is 4.98 Å². The van der Waals surface area contributed by atoms with E-state index in [0.29, 0.717) is 17.4 Å². The normalized spacial score (nSPS) is 10.1. The highest BCUT2D eigenvalue weighted by Crippen LogP contribution is 2.14.